The van der Waals surface area contributed by atoms with E-state index >= 15 is 0 Å². The number of aliphatic hydroxyl groups excluding tert-OH is 1. The summed E-state index contributed by atoms with van der Waals surface area (Å²) in [4.78, 5) is 0. The Morgan fingerprint density at radius 2 is 1.57 bits per heavy atom. The first-order chi connectivity index (χ1) is 9.72. The van der Waals surface area contributed by atoms with Crippen LogP contribution in [0.1, 0.15) is 72.6 Å². The molecule has 0 amide bonds. The Morgan fingerprint density at radius 1 is 0.857 bits per heavy atom. The molecular weight excluding hydrogens is 256 g/mol. The van der Waals surface area contributed by atoms with Gasteiger partial charge in [0.05, 0.1) is 6.10 Å². The second-order valence-corrected chi connectivity index (χ2v) is 9.96. The largest absolute Gasteiger partial charge is 0.393 e. The van der Waals surface area contributed by atoms with Gasteiger partial charge < -0.3 is 5.11 Å². The summed E-state index contributed by atoms with van der Waals surface area (Å²) in [5, 5.41) is 10.5. The van der Waals surface area contributed by atoms with Crippen molar-refractivity contribution in [3.8, 4) is 0 Å². The number of hydrogen-bond donors (Lipinski definition) is 1. The third kappa shape index (κ3) is 1.68. The third-order valence-electron chi connectivity index (χ3n) is 8.45. The predicted octanol–water partition coefficient (Wildman–Crippen LogP) is 4.95. The number of aliphatic hydroxyl groups is 1. The Labute approximate surface area is 130 Å². The zero-order valence-electron chi connectivity index (χ0n) is 14.3. The number of rotatable bonds is 0. The van der Waals surface area contributed by atoms with E-state index in [1.165, 1.54) is 38.5 Å². The number of hydrogen-bond acceptors (Lipinski definition) is 1. The maximum Gasteiger partial charge on any atom is 0.0594 e. The molecule has 118 valence electrons. The quantitative estimate of drug-likeness (QED) is 0.626. The molecule has 1 spiro atoms. The van der Waals surface area contributed by atoms with Gasteiger partial charge in [0.2, 0.25) is 0 Å². The second kappa shape index (κ2) is 3.96. The summed E-state index contributed by atoms with van der Waals surface area (Å²) in [6.45, 7) is 9.70. The molecule has 3 fully saturated rings. The van der Waals surface area contributed by atoms with Crippen LogP contribution in [0.25, 0.3) is 0 Å². The summed E-state index contributed by atoms with van der Waals surface area (Å²) < 4.78 is 0. The molecule has 0 aliphatic heterocycles. The van der Waals surface area contributed by atoms with Crippen molar-refractivity contribution in [1.82, 2.24) is 0 Å². The van der Waals surface area contributed by atoms with Crippen LogP contribution < -0.4 is 0 Å². The van der Waals surface area contributed by atoms with Crippen LogP contribution in [0.3, 0.4) is 0 Å². The summed E-state index contributed by atoms with van der Waals surface area (Å²) in [6, 6.07) is 0. The highest BCUT2D eigenvalue weighted by molar-refractivity contribution is 5.25. The maximum absolute atomic E-state index is 10.5. The van der Waals surface area contributed by atoms with E-state index in [2.05, 4.69) is 39.8 Å². The van der Waals surface area contributed by atoms with Crippen molar-refractivity contribution in [3.05, 3.63) is 12.2 Å². The molecule has 2 bridgehead atoms. The first-order valence-corrected chi connectivity index (χ1v) is 9.10. The van der Waals surface area contributed by atoms with Gasteiger partial charge in [0, 0.05) is 0 Å². The Kier molecular flexibility index (Phi) is 2.70. The SMILES string of the molecule is CC1(C)[C@@H](O)CC[C@@]2(C)[C@@H]3CC[C@]4(C)C=C[C@@]3(CC[C@@H]12)C4. The first-order valence-electron chi connectivity index (χ1n) is 9.10. The minimum absolute atomic E-state index is 0.0949. The van der Waals surface area contributed by atoms with E-state index in [0.29, 0.717) is 22.2 Å². The molecule has 0 heterocycles. The molecule has 21 heavy (non-hydrogen) atoms. The van der Waals surface area contributed by atoms with Crippen molar-refractivity contribution in [2.45, 2.75) is 78.7 Å². The number of fused-ring (bicyclic) bond motifs is 3. The third-order valence-corrected chi connectivity index (χ3v) is 8.45. The van der Waals surface area contributed by atoms with E-state index < -0.39 is 0 Å². The summed E-state index contributed by atoms with van der Waals surface area (Å²) >= 11 is 0. The average Bonchev–Trinajstić information content (AvgIpc) is 2.65. The topological polar surface area (TPSA) is 20.2 Å². The van der Waals surface area contributed by atoms with Crippen LogP contribution in [-0.4, -0.2) is 11.2 Å². The van der Waals surface area contributed by atoms with Gasteiger partial charge in [-0.3, -0.25) is 0 Å². The molecule has 4 rings (SSSR count). The predicted molar refractivity (Wildman–Crippen MR) is 86.9 cm³/mol. The molecule has 4 aliphatic carbocycles. The van der Waals surface area contributed by atoms with E-state index in [-0.39, 0.29) is 11.5 Å². The van der Waals surface area contributed by atoms with Crippen LogP contribution in [0.15, 0.2) is 12.2 Å². The Morgan fingerprint density at radius 3 is 2.33 bits per heavy atom. The Bertz CT molecular complexity index is 492. The van der Waals surface area contributed by atoms with Crippen molar-refractivity contribution >= 4 is 0 Å². The Hall–Kier alpha value is -0.300. The lowest BCUT2D eigenvalue weighted by molar-refractivity contribution is -0.176. The summed E-state index contributed by atoms with van der Waals surface area (Å²) in [5.41, 5.74) is 1.52. The van der Waals surface area contributed by atoms with Gasteiger partial charge in [0.25, 0.3) is 0 Å². The van der Waals surface area contributed by atoms with Crippen molar-refractivity contribution < 1.29 is 5.11 Å². The van der Waals surface area contributed by atoms with Gasteiger partial charge in [-0.25, -0.2) is 0 Å². The molecule has 1 heteroatoms. The van der Waals surface area contributed by atoms with Crippen LogP contribution in [0.5, 0.6) is 0 Å². The van der Waals surface area contributed by atoms with Gasteiger partial charge in [-0.1, -0.05) is 39.8 Å². The maximum atomic E-state index is 10.5. The lowest BCUT2D eigenvalue weighted by Crippen LogP contribution is -2.59. The van der Waals surface area contributed by atoms with E-state index in [1.54, 1.807) is 0 Å². The minimum Gasteiger partial charge on any atom is -0.393 e. The van der Waals surface area contributed by atoms with Gasteiger partial charge >= 0.3 is 0 Å². The van der Waals surface area contributed by atoms with Crippen LogP contribution in [0.2, 0.25) is 0 Å². The second-order valence-electron chi connectivity index (χ2n) is 9.96. The van der Waals surface area contributed by atoms with Crippen LogP contribution >= 0.6 is 0 Å². The first kappa shape index (κ1) is 14.3. The van der Waals surface area contributed by atoms with Crippen LogP contribution in [0.4, 0.5) is 0 Å². The number of allylic oxidation sites excluding steroid dienone is 2. The van der Waals surface area contributed by atoms with Gasteiger partial charge in [-0.05, 0) is 78.4 Å². The van der Waals surface area contributed by atoms with Crippen LogP contribution in [0, 0.1) is 33.5 Å². The fourth-order valence-electron chi connectivity index (χ4n) is 7.35. The smallest absolute Gasteiger partial charge is 0.0594 e. The van der Waals surface area contributed by atoms with Crippen molar-refractivity contribution in [2.75, 3.05) is 0 Å². The highest BCUT2D eigenvalue weighted by Gasteiger charge is 2.64. The van der Waals surface area contributed by atoms with E-state index in [9.17, 15) is 5.11 Å². The van der Waals surface area contributed by atoms with E-state index in [4.69, 9.17) is 0 Å². The molecule has 0 aromatic heterocycles. The van der Waals surface area contributed by atoms with Crippen molar-refractivity contribution in [1.29, 1.82) is 0 Å². The molecule has 0 unspecified atom stereocenters. The molecule has 0 saturated heterocycles. The van der Waals surface area contributed by atoms with Crippen molar-refractivity contribution in [3.63, 3.8) is 0 Å². The zero-order chi connectivity index (χ0) is 15.1. The molecule has 6 atom stereocenters. The van der Waals surface area contributed by atoms with Gasteiger partial charge in [0.15, 0.2) is 0 Å². The van der Waals surface area contributed by atoms with Crippen LogP contribution in [-0.2, 0) is 0 Å². The fourth-order valence-corrected chi connectivity index (χ4v) is 7.35. The standard InChI is InChI=1S/C20H32O/c1-17(2)14-6-10-20-12-11-18(3,13-20)8-5-15(20)19(14,4)9-7-16(17)21/h11-12,14-16,21H,5-10,13H2,1-4H3/t14-,15-,16-,18+,19+,20-/m0/s1. The highest BCUT2D eigenvalue weighted by atomic mass is 16.3. The van der Waals surface area contributed by atoms with Gasteiger partial charge in [0.1, 0.15) is 0 Å². The molecule has 3 saturated carbocycles. The molecule has 1 N–H and O–H groups in total. The monoisotopic (exact) mass is 288 g/mol. The minimum atomic E-state index is -0.0994. The molecule has 1 nitrogen and oxygen atoms in total. The van der Waals surface area contributed by atoms with Gasteiger partial charge in [-0.15, -0.1) is 0 Å². The molecule has 0 radical (unpaired) electrons. The van der Waals surface area contributed by atoms with Gasteiger partial charge in [-0.2, -0.15) is 0 Å². The lowest BCUT2D eigenvalue weighted by atomic mass is 9.40. The summed E-state index contributed by atoms with van der Waals surface area (Å²) in [7, 11) is 0. The fraction of sp³-hybridized carbons (Fsp3) is 0.900. The molecular formula is C20H32O. The summed E-state index contributed by atoms with van der Waals surface area (Å²) in [6.07, 6.45) is 14.2. The molecule has 0 aromatic carbocycles. The summed E-state index contributed by atoms with van der Waals surface area (Å²) in [5.74, 6) is 1.55. The van der Waals surface area contributed by atoms with E-state index in [0.717, 1.165) is 12.3 Å². The lowest BCUT2D eigenvalue weighted by Gasteiger charge is -2.65. The molecule has 0 aromatic rings. The van der Waals surface area contributed by atoms with Crippen molar-refractivity contribution in [2.24, 2.45) is 33.5 Å². The normalized spacial score (nSPS) is 57.7. The van der Waals surface area contributed by atoms with E-state index in [1.807, 2.05) is 0 Å². The Balaban J connectivity index is 1.74. The highest BCUT2D eigenvalue weighted by Crippen LogP contribution is 2.71. The average molecular weight is 288 g/mol. The molecule has 4 aliphatic rings. The zero-order valence-corrected chi connectivity index (χ0v) is 14.3.